The van der Waals surface area contributed by atoms with Crippen molar-refractivity contribution in [3.8, 4) is 5.75 Å². The highest BCUT2D eigenvalue weighted by Crippen LogP contribution is 2.34. The second-order valence-electron chi connectivity index (χ2n) is 5.18. The molecule has 7 nitrogen and oxygen atoms in total. The van der Waals surface area contributed by atoms with Gasteiger partial charge in [-0.25, -0.2) is 8.98 Å². The van der Waals surface area contributed by atoms with E-state index in [0.717, 1.165) is 12.8 Å². The van der Waals surface area contributed by atoms with E-state index < -0.39 is 23.1 Å². The molecule has 0 bridgehead atoms. The molecule has 1 aliphatic carbocycles. The summed E-state index contributed by atoms with van der Waals surface area (Å²) in [6.45, 7) is 1.86. The van der Waals surface area contributed by atoms with Crippen molar-refractivity contribution in [3.63, 3.8) is 0 Å². The molecule has 2 atom stereocenters. The molecular formula is C13H17NO6S. The van der Waals surface area contributed by atoms with Gasteiger partial charge in [0.2, 0.25) is 0 Å². The number of rotatable bonds is 7. The molecule has 0 amide bonds. The first-order valence-electron chi connectivity index (χ1n) is 6.39. The van der Waals surface area contributed by atoms with Crippen LogP contribution in [0.2, 0.25) is 0 Å². The lowest BCUT2D eigenvalue weighted by Gasteiger charge is -2.25. The minimum atomic E-state index is -2.56. The Labute approximate surface area is 124 Å². The van der Waals surface area contributed by atoms with E-state index in [0.29, 0.717) is 18.1 Å². The van der Waals surface area contributed by atoms with Crippen molar-refractivity contribution in [2.24, 2.45) is 11.7 Å². The lowest BCUT2D eigenvalue weighted by atomic mass is 10.0. The zero-order valence-corrected chi connectivity index (χ0v) is 12.3. The molecule has 21 heavy (non-hydrogen) atoms. The van der Waals surface area contributed by atoms with Crippen molar-refractivity contribution in [3.05, 3.63) is 29.3 Å². The summed E-state index contributed by atoms with van der Waals surface area (Å²) in [6.07, 6.45) is 2.15. The van der Waals surface area contributed by atoms with Crippen LogP contribution in [-0.2, 0) is 21.3 Å². The lowest BCUT2D eigenvalue weighted by molar-refractivity contribution is 0.0693. The standard InChI is InChI=1S/C13H17NO6S/c1-13(14,20-21(17)18)10-5-4-9(12(15)16)6-11(10)19-7-8-2-3-8/h4-6,8H,2-3,7,14H2,1H3,(H,15,16)(H,17,18). The first-order valence-corrected chi connectivity index (χ1v) is 7.42. The highest BCUT2D eigenvalue weighted by Gasteiger charge is 2.30. The van der Waals surface area contributed by atoms with E-state index in [4.69, 9.17) is 24.3 Å². The molecule has 2 rings (SSSR count). The van der Waals surface area contributed by atoms with Crippen molar-refractivity contribution < 1.29 is 27.6 Å². The molecule has 0 spiro atoms. The van der Waals surface area contributed by atoms with Crippen LogP contribution in [0.5, 0.6) is 5.75 Å². The average molecular weight is 315 g/mol. The fourth-order valence-corrected chi connectivity index (χ4v) is 2.26. The van der Waals surface area contributed by atoms with Gasteiger partial charge in [0.05, 0.1) is 12.2 Å². The molecule has 0 aliphatic heterocycles. The molecule has 116 valence electrons. The number of carboxylic acids is 1. The Kier molecular flexibility index (Phi) is 4.62. The molecule has 0 heterocycles. The van der Waals surface area contributed by atoms with Crippen LogP contribution in [0.4, 0.5) is 0 Å². The molecule has 2 unspecified atom stereocenters. The average Bonchev–Trinajstić information content (AvgIpc) is 3.18. The summed E-state index contributed by atoms with van der Waals surface area (Å²) in [7, 11) is 0. The van der Waals surface area contributed by atoms with Gasteiger partial charge in [-0.1, -0.05) is 6.07 Å². The SMILES string of the molecule is CC(N)(OS(=O)O)c1ccc(C(=O)O)cc1OCC1CC1. The van der Waals surface area contributed by atoms with Crippen molar-refractivity contribution >= 4 is 17.3 Å². The fourth-order valence-electron chi connectivity index (χ4n) is 1.87. The predicted octanol–water partition coefficient (Wildman–Crippen LogP) is 1.46. The molecule has 1 saturated carbocycles. The number of carbonyl (C=O) groups is 1. The summed E-state index contributed by atoms with van der Waals surface area (Å²) in [5, 5.41) is 9.03. The van der Waals surface area contributed by atoms with Crippen LogP contribution in [0, 0.1) is 5.92 Å². The van der Waals surface area contributed by atoms with Crippen molar-refractivity contribution in [2.45, 2.75) is 25.5 Å². The summed E-state index contributed by atoms with van der Waals surface area (Å²) in [4.78, 5) is 11.0. The van der Waals surface area contributed by atoms with Crippen LogP contribution in [0.25, 0.3) is 0 Å². The van der Waals surface area contributed by atoms with Gasteiger partial charge in [0.25, 0.3) is 0 Å². The summed E-state index contributed by atoms with van der Waals surface area (Å²) in [6, 6.07) is 4.11. The Morgan fingerprint density at radius 1 is 1.52 bits per heavy atom. The molecule has 1 aromatic carbocycles. The van der Waals surface area contributed by atoms with E-state index >= 15 is 0 Å². The smallest absolute Gasteiger partial charge is 0.335 e. The van der Waals surface area contributed by atoms with Gasteiger partial charge < -0.3 is 9.84 Å². The maximum atomic E-state index is 11.0. The predicted molar refractivity (Wildman–Crippen MR) is 75.0 cm³/mol. The summed E-state index contributed by atoms with van der Waals surface area (Å²) in [5.41, 5.74) is 4.67. The van der Waals surface area contributed by atoms with Crippen molar-refractivity contribution in [1.29, 1.82) is 0 Å². The van der Waals surface area contributed by atoms with E-state index in [-0.39, 0.29) is 11.3 Å². The highest BCUT2D eigenvalue weighted by atomic mass is 32.2. The number of hydrogen-bond donors (Lipinski definition) is 3. The van der Waals surface area contributed by atoms with Gasteiger partial charge in [-0.2, -0.15) is 4.21 Å². The second-order valence-corrected chi connectivity index (χ2v) is 5.78. The zero-order valence-electron chi connectivity index (χ0n) is 11.4. The maximum absolute atomic E-state index is 11.0. The lowest BCUT2D eigenvalue weighted by Crippen LogP contribution is -2.37. The molecule has 8 heteroatoms. The third kappa shape index (κ3) is 4.24. The number of aromatic carboxylic acids is 1. The van der Waals surface area contributed by atoms with E-state index in [1.807, 2.05) is 0 Å². The van der Waals surface area contributed by atoms with E-state index in [1.54, 1.807) is 0 Å². The molecule has 0 aromatic heterocycles. The number of ether oxygens (including phenoxy) is 1. The number of carboxylic acid groups (broad SMARTS) is 1. The minimum absolute atomic E-state index is 0.0467. The Morgan fingerprint density at radius 3 is 2.71 bits per heavy atom. The van der Waals surface area contributed by atoms with Gasteiger partial charge in [0, 0.05) is 5.56 Å². The third-order valence-electron chi connectivity index (χ3n) is 3.18. The number of nitrogens with two attached hydrogens (primary N) is 1. The van der Waals surface area contributed by atoms with E-state index in [2.05, 4.69) is 0 Å². The topological polar surface area (TPSA) is 119 Å². The Morgan fingerprint density at radius 2 is 2.19 bits per heavy atom. The van der Waals surface area contributed by atoms with Crippen molar-refractivity contribution in [1.82, 2.24) is 0 Å². The van der Waals surface area contributed by atoms with E-state index in [9.17, 15) is 9.00 Å². The monoisotopic (exact) mass is 315 g/mol. The van der Waals surface area contributed by atoms with E-state index in [1.165, 1.54) is 25.1 Å². The Bertz CT molecular complexity index is 570. The molecule has 1 aromatic rings. The van der Waals surface area contributed by atoms with Crippen LogP contribution >= 0.6 is 0 Å². The summed E-state index contributed by atoms with van der Waals surface area (Å²) < 4.78 is 30.1. The summed E-state index contributed by atoms with van der Waals surface area (Å²) >= 11 is -2.56. The largest absolute Gasteiger partial charge is 0.493 e. The third-order valence-corrected chi connectivity index (χ3v) is 3.67. The first kappa shape index (κ1) is 15.9. The van der Waals surface area contributed by atoms with Gasteiger partial charge in [-0.3, -0.25) is 10.3 Å². The van der Waals surface area contributed by atoms with Crippen LogP contribution in [0.15, 0.2) is 18.2 Å². The molecule has 0 saturated heterocycles. The highest BCUT2D eigenvalue weighted by molar-refractivity contribution is 7.74. The quantitative estimate of drug-likeness (QED) is 0.514. The molecule has 0 radical (unpaired) electrons. The number of hydrogen-bond acceptors (Lipinski definition) is 5. The minimum Gasteiger partial charge on any atom is -0.493 e. The van der Waals surface area contributed by atoms with Crippen LogP contribution in [0.3, 0.4) is 0 Å². The van der Waals surface area contributed by atoms with Gasteiger partial charge in [0.1, 0.15) is 5.75 Å². The van der Waals surface area contributed by atoms with Gasteiger partial charge in [0.15, 0.2) is 5.72 Å². The number of benzene rings is 1. The molecule has 1 aliphatic rings. The Balaban J connectivity index is 2.32. The van der Waals surface area contributed by atoms with Gasteiger partial charge >= 0.3 is 17.3 Å². The second kappa shape index (κ2) is 6.10. The normalized spacial score (nSPS) is 18.8. The maximum Gasteiger partial charge on any atom is 0.335 e. The van der Waals surface area contributed by atoms with Crippen LogP contribution < -0.4 is 10.5 Å². The van der Waals surface area contributed by atoms with Crippen LogP contribution in [-0.4, -0.2) is 26.4 Å². The van der Waals surface area contributed by atoms with Gasteiger partial charge in [-0.15, -0.1) is 0 Å². The van der Waals surface area contributed by atoms with Crippen molar-refractivity contribution in [2.75, 3.05) is 6.61 Å². The molecular weight excluding hydrogens is 298 g/mol. The fraction of sp³-hybridized carbons (Fsp3) is 0.462. The molecule has 4 N–H and O–H groups in total. The van der Waals surface area contributed by atoms with Crippen LogP contribution in [0.1, 0.15) is 35.7 Å². The summed E-state index contributed by atoms with van der Waals surface area (Å²) in [5.74, 6) is -0.385. The molecule has 1 fully saturated rings. The Hall–Kier alpha value is -1.48. The van der Waals surface area contributed by atoms with Gasteiger partial charge in [-0.05, 0) is 37.8 Å². The zero-order chi connectivity index (χ0) is 15.6. The first-order chi connectivity index (χ1) is 9.79.